The highest BCUT2D eigenvalue weighted by Gasteiger charge is 2.22. The van der Waals surface area contributed by atoms with Gasteiger partial charge in [-0.15, -0.1) is 11.8 Å². The molecule has 8 heteroatoms. The van der Waals surface area contributed by atoms with Gasteiger partial charge in [0, 0.05) is 30.3 Å². The summed E-state index contributed by atoms with van der Waals surface area (Å²) >= 11 is 9.03. The fourth-order valence-electron chi connectivity index (χ4n) is 3.33. The third-order valence-electron chi connectivity index (χ3n) is 4.98. The molecule has 0 spiro atoms. The molecule has 0 bridgehead atoms. The number of halogens is 1. The second kappa shape index (κ2) is 10.4. The summed E-state index contributed by atoms with van der Waals surface area (Å²) in [6.45, 7) is 0.904. The van der Waals surface area contributed by atoms with Crippen molar-refractivity contribution in [2.24, 2.45) is 0 Å². The van der Waals surface area contributed by atoms with Gasteiger partial charge in [0.1, 0.15) is 0 Å². The molecule has 0 aliphatic carbocycles. The Morgan fingerprint density at radius 1 is 1.16 bits per heavy atom. The van der Waals surface area contributed by atoms with E-state index < -0.39 is 0 Å². The summed E-state index contributed by atoms with van der Waals surface area (Å²) in [7, 11) is 0. The monoisotopic (exact) mass is 471 g/mol. The first-order valence-corrected chi connectivity index (χ1v) is 12.4. The van der Waals surface area contributed by atoms with Gasteiger partial charge in [0.05, 0.1) is 16.3 Å². The van der Waals surface area contributed by atoms with Crippen LogP contribution in [0.2, 0.25) is 5.02 Å². The first-order valence-electron chi connectivity index (χ1n) is 10.0. The highest BCUT2D eigenvalue weighted by molar-refractivity contribution is 8.00. The van der Waals surface area contributed by atoms with Crippen LogP contribution in [0.1, 0.15) is 16.8 Å². The third kappa shape index (κ3) is 5.53. The quantitative estimate of drug-likeness (QED) is 0.394. The summed E-state index contributed by atoms with van der Waals surface area (Å²) in [5, 5.41) is 4.13. The fourth-order valence-corrected chi connectivity index (χ4v) is 5.45. The number of amides is 1. The molecule has 0 fully saturated rings. The molecule has 0 saturated heterocycles. The van der Waals surface area contributed by atoms with Gasteiger partial charge in [-0.25, -0.2) is 4.98 Å². The summed E-state index contributed by atoms with van der Waals surface area (Å²) in [4.78, 5) is 31.0. The molecule has 3 aromatic rings. The number of hydrogen-bond acceptors (Lipinski definition) is 5. The summed E-state index contributed by atoms with van der Waals surface area (Å²) in [5.41, 5.74) is 2.89. The van der Waals surface area contributed by atoms with Crippen molar-refractivity contribution in [2.75, 3.05) is 11.5 Å². The zero-order chi connectivity index (χ0) is 21.6. The second-order valence-electron chi connectivity index (χ2n) is 7.12. The number of carbonyl (C=O) groups is 1. The average Bonchev–Trinajstić information content (AvgIpc) is 3.26. The standard InChI is InChI=1S/C23H22ClN3O2S2/c24-18-9-5-4-8-17(18)14-25-20(28)15-31-23-26-19-11-13-30-21(19)22(29)27(23)12-10-16-6-2-1-3-7-16/h1-9H,10-15H2,(H,25,28). The Labute approximate surface area is 194 Å². The number of nitrogens with one attached hydrogen (secondary N) is 1. The molecular formula is C23H22ClN3O2S2. The lowest BCUT2D eigenvalue weighted by atomic mass is 10.1. The van der Waals surface area contributed by atoms with E-state index in [2.05, 4.69) is 17.4 Å². The lowest BCUT2D eigenvalue weighted by molar-refractivity contribution is -0.118. The second-order valence-corrected chi connectivity index (χ2v) is 9.57. The van der Waals surface area contributed by atoms with Crippen LogP contribution in [0.5, 0.6) is 0 Å². The van der Waals surface area contributed by atoms with E-state index in [4.69, 9.17) is 16.6 Å². The number of thioether (sulfide) groups is 2. The number of benzene rings is 2. The molecule has 0 unspecified atom stereocenters. The molecule has 2 heterocycles. The normalized spacial score (nSPS) is 12.5. The van der Waals surface area contributed by atoms with Crippen LogP contribution in [0, 0.1) is 0 Å². The Bertz CT molecular complexity index is 1140. The summed E-state index contributed by atoms with van der Waals surface area (Å²) in [5.74, 6) is 0.945. The van der Waals surface area contributed by atoms with Gasteiger partial charge in [0.15, 0.2) is 5.16 Å². The molecule has 0 atom stereocenters. The first-order chi connectivity index (χ1) is 15.1. The molecule has 0 radical (unpaired) electrons. The summed E-state index contributed by atoms with van der Waals surface area (Å²) in [6, 6.07) is 17.5. The number of rotatable bonds is 8. The van der Waals surface area contributed by atoms with E-state index >= 15 is 0 Å². The van der Waals surface area contributed by atoms with E-state index in [1.165, 1.54) is 11.8 Å². The van der Waals surface area contributed by atoms with Crippen molar-refractivity contribution in [1.29, 1.82) is 0 Å². The van der Waals surface area contributed by atoms with Crippen molar-refractivity contribution in [3.8, 4) is 0 Å². The molecule has 1 aliphatic rings. The van der Waals surface area contributed by atoms with Gasteiger partial charge in [-0.1, -0.05) is 71.9 Å². The minimum Gasteiger partial charge on any atom is -0.351 e. The molecule has 4 rings (SSSR count). The van der Waals surface area contributed by atoms with Gasteiger partial charge < -0.3 is 5.32 Å². The molecule has 5 nitrogen and oxygen atoms in total. The maximum absolute atomic E-state index is 13.1. The van der Waals surface area contributed by atoms with Crippen LogP contribution in [0.15, 0.2) is 69.4 Å². The molecular weight excluding hydrogens is 450 g/mol. The topological polar surface area (TPSA) is 64.0 Å². The third-order valence-corrected chi connectivity index (χ3v) is 7.43. The molecule has 1 aromatic heterocycles. The van der Waals surface area contributed by atoms with E-state index in [9.17, 15) is 9.59 Å². The fraction of sp³-hybridized carbons (Fsp3) is 0.261. The van der Waals surface area contributed by atoms with Gasteiger partial charge in [-0.3, -0.25) is 14.2 Å². The lowest BCUT2D eigenvalue weighted by Crippen LogP contribution is -2.28. The zero-order valence-electron chi connectivity index (χ0n) is 16.8. The van der Waals surface area contributed by atoms with Crippen LogP contribution in [0.25, 0.3) is 0 Å². The number of hydrogen-bond donors (Lipinski definition) is 1. The number of fused-ring (bicyclic) bond motifs is 1. The average molecular weight is 472 g/mol. The molecule has 160 valence electrons. The van der Waals surface area contributed by atoms with Crippen LogP contribution in [-0.2, 0) is 30.7 Å². The van der Waals surface area contributed by atoms with Gasteiger partial charge >= 0.3 is 0 Å². The number of aromatic nitrogens is 2. The van der Waals surface area contributed by atoms with Crippen molar-refractivity contribution < 1.29 is 4.79 Å². The summed E-state index contributed by atoms with van der Waals surface area (Å²) < 4.78 is 1.72. The molecule has 0 saturated carbocycles. The van der Waals surface area contributed by atoms with Gasteiger partial charge in [0.25, 0.3) is 5.56 Å². The summed E-state index contributed by atoms with van der Waals surface area (Å²) in [6.07, 6.45) is 1.53. The molecule has 1 aliphatic heterocycles. The highest BCUT2D eigenvalue weighted by atomic mass is 35.5. The van der Waals surface area contributed by atoms with Crippen molar-refractivity contribution >= 4 is 41.0 Å². The SMILES string of the molecule is O=C(CSc1nc2c(c(=O)n1CCc1ccccc1)SCC2)NCc1ccccc1Cl. The van der Waals surface area contributed by atoms with Crippen LogP contribution in [0.4, 0.5) is 0 Å². The predicted molar refractivity (Wildman–Crippen MR) is 127 cm³/mol. The largest absolute Gasteiger partial charge is 0.351 e. The molecule has 31 heavy (non-hydrogen) atoms. The van der Waals surface area contributed by atoms with Crippen molar-refractivity contribution in [3.63, 3.8) is 0 Å². The molecule has 1 amide bonds. The predicted octanol–water partition coefficient (Wildman–Crippen LogP) is 4.20. The van der Waals surface area contributed by atoms with Crippen LogP contribution < -0.4 is 10.9 Å². The lowest BCUT2D eigenvalue weighted by Gasteiger charge is -2.14. The Morgan fingerprint density at radius 2 is 1.94 bits per heavy atom. The minimum atomic E-state index is -0.122. The maximum atomic E-state index is 13.1. The van der Waals surface area contributed by atoms with Gasteiger partial charge in [-0.2, -0.15) is 0 Å². The first kappa shape index (κ1) is 22.0. The van der Waals surface area contributed by atoms with Crippen molar-refractivity contribution in [2.45, 2.75) is 36.0 Å². The highest BCUT2D eigenvalue weighted by Crippen LogP contribution is 2.28. The Balaban J connectivity index is 1.45. The van der Waals surface area contributed by atoms with Crippen molar-refractivity contribution in [1.82, 2.24) is 14.9 Å². The van der Waals surface area contributed by atoms with Gasteiger partial charge in [0.2, 0.25) is 5.91 Å². The van der Waals surface area contributed by atoms with E-state index in [-0.39, 0.29) is 17.2 Å². The van der Waals surface area contributed by atoms with E-state index in [1.807, 2.05) is 36.4 Å². The van der Waals surface area contributed by atoms with Crippen molar-refractivity contribution in [3.05, 3.63) is 86.8 Å². The number of aryl methyl sites for hydroxylation is 2. The van der Waals surface area contributed by atoms with Crippen LogP contribution >= 0.6 is 35.1 Å². The smallest absolute Gasteiger partial charge is 0.268 e. The minimum absolute atomic E-state index is 0.00223. The molecule has 2 aromatic carbocycles. The maximum Gasteiger partial charge on any atom is 0.268 e. The Kier molecular flexibility index (Phi) is 7.37. The molecule has 1 N–H and O–H groups in total. The van der Waals surface area contributed by atoms with E-state index in [0.717, 1.165) is 40.3 Å². The van der Waals surface area contributed by atoms with Gasteiger partial charge in [-0.05, 0) is 23.6 Å². The number of nitrogens with zero attached hydrogens (tertiary/aromatic N) is 2. The van der Waals surface area contributed by atoms with Crippen LogP contribution in [-0.4, -0.2) is 27.0 Å². The number of carbonyl (C=O) groups excluding carboxylic acids is 1. The zero-order valence-corrected chi connectivity index (χ0v) is 19.2. The Morgan fingerprint density at radius 3 is 2.74 bits per heavy atom. The van der Waals surface area contributed by atoms with E-state index in [0.29, 0.717) is 23.3 Å². The Hall–Kier alpha value is -2.22. The van der Waals surface area contributed by atoms with Crippen LogP contribution in [0.3, 0.4) is 0 Å². The van der Waals surface area contributed by atoms with E-state index in [1.54, 1.807) is 22.4 Å².